The van der Waals surface area contributed by atoms with Crippen LogP contribution in [0.3, 0.4) is 0 Å². The molecule has 2 fully saturated rings. The number of aliphatic hydroxyl groups excluding tert-OH is 4. The fourth-order valence-electron chi connectivity index (χ4n) is 7.35. The lowest BCUT2D eigenvalue weighted by atomic mass is 9.85. The van der Waals surface area contributed by atoms with Gasteiger partial charge in [0.1, 0.15) is 43.2 Å². The van der Waals surface area contributed by atoms with Gasteiger partial charge in [-0.15, -0.1) is 0 Å². The Bertz CT molecular complexity index is 1530. The summed E-state index contributed by atoms with van der Waals surface area (Å²) in [5.74, 6) is -1.29. The highest BCUT2D eigenvalue weighted by atomic mass is 31.2. The molecule has 382 valence electrons. The molecular formula is C47H82O17P2. The molecule has 1 aliphatic heterocycles. The quantitative estimate of drug-likeness (QED) is 0.0100. The maximum atomic E-state index is 13.0. The van der Waals surface area contributed by atoms with E-state index in [1.165, 1.54) is 57.8 Å². The third-order valence-electron chi connectivity index (χ3n) is 11.3. The summed E-state index contributed by atoms with van der Waals surface area (Å²) in [5, 5.41) is 41.3. The van der Waals surface area contributed by atoms with E-state index in [1.807, 2.05) is 12.2 Å². The van der Waals surface area contributed by atoms with Crippen molar-refractivity contribution in [2.24, 2.45) is 0 Å². The molecule has 7 N–H and O–H groups in total. The summed E-state index contributed by atoms with van der Waals surface area (Å²) in [7, 11) is -10.7. The summed E-state index contributed by atoms with van der Waals surface area (Å²) in [5.41, 5.74) is 0. The van der Waals surface area contributed by atoms with Crippen LogP contribution in [-0.4, -0.2) is 115 Å². The third-order valence-corrected chi connectivity index (χ3v) is 12.8. The number of carbonyl (C=O) groups excluding carboxylic acids is 2. The second-order valence-electron chi connectivity index (χ2n) is 17.2. The number of rotatable bonds is 39. The smallest absolute Gasteiger partial charge is 0.462 e. The van der Waals surface area contributed by atoms with Gasteiger partial charge in [0.05, 0.1) is 18.8 Å². The second kappa shape index (κ2) is 35.1. The first-order chi connectivity index (χ1) is 31.6. The molecule has 1 saturated carbocycles. The zero-order chi connectivity index (χ0) is 48.6. The van der Waals surface area contributed by atoms with Crippen LogP contribution < -0.4 is 0 Å². The molecule has 66 heavy (non-hydrogen) atoms. The van der Waals surface area contributed by atoms with Crippen LogP contribution in [0.25, 0.3) is 0 Å². The highest BCUT2D eigenvalue weighted by Gasteiger charge is 2.54. The normalized spacial score (nSPS) is 25.0. The molecule has 17 nitrogen and oxygen atoms in total. The van der Waals surface area contributed by atoms with E-state index >= 15 is 0 Å². The summed E-state index contributed by atoms with van der Waals surface area (Å²) in [6.07, 6.45) is 25.2. The molecule has 1 saturated heterocycles. The molecule has 10 atom stereocenters. The Kier molecular flexibility index (Phi) is 31.9. The fourth-order valence-corrected chi connectivity index (χ4v) is 8.89. The van der Waals surface area contributed by atoms with Gasteiger partial charge in [0.15, 0.2) is 6.10 Å². The highest BCUT2D eigenvalue weighted by Crippen LogP contribution is 2.49. The molecule has 2 rings (SSSR count). The third kappa shape index (κ3) is 28.4. The topological polar surface area (TPSA) is 269 Å². The van der Waals surface area contributed by atoms with E-state index in [4.69, 9.17) is 23.3 Å². The lowest BCUT2D eigenvalue weighted by molar-refractivity contribution is -0.216. The predicted molar refractivity (Wildman–Crippen MR) is 250 cm³/mol. The molecule has 7 unspecified atom stereocenters. The number of epoxide rings is 1. The van der Waals surface area contributed by atoms with E-state index in [0.717, 1.165) is 64.2 Å². The average Bonchev–Trinajstić information content (AvgIpc) is 4.03. The summed E-state index contributed by atoms with van der Waals surface area (Å²) in [6, 6.07) is 0. The van der Waals surface area contributed by atoms with Gasteiger partial charge in [-0.1, -0.05) is 127 Å². The first-order valence-electron chi connectivity index (χ1n) is 24.3. The maximum Gasteiger partial charge on any atom is 0.472 e. The predicted octanol–water partition coefficient (Wildman–Crippen LogP) is 8.27. The van der Waals surface area contributed by atoms with E-state index in [9.17, 15) is 53.8 Å². The van der Waals surface area contributed by atoms with Gasteiger partial charge >= 0.3 is 27.6 Å². The van der Waals surface area contributed by atoms with E-state index in [-0.39, 0.29) is 25.0 Å². The molecule has 0 amide bonds. The minimum atomic E-state index is -5.37. The highest BCUT2D eigenvalue weighted by molar-refractivity contribution is 7.47. The van der Waals surface area contributed by atoms with E-state index in [1.54, 1.807) is 0 Å². The molecule has 19 heteroatoms. The van der Waals surface area contributed by atoms with Gasteiger partial charge in [0.25, 0.3) is 0 Å². The van der Waals surface area contributed by atoms with Crippen LogP contribution in [0.1, 0.15) is 168 Å². The second-order valence-corrected chi connectivity index (χ2v) is 19.8. The number of ether oxygens (including phenoxy) is 3. The Hall–Kier alpha value is -2.08. The van der Waals surface area contributed by atoms with Crippen molar-refractivity contribution in [2.45, 2.75) is 223 Å². The number of esters is 2. The number of phosphoric acid groups is 2. The van der Waals surface area contributed by atoms with Crippen molar-refractivity contribution in [3.8, 4) is 0 Å². The molecule has 0 bridgehead atoms. The zero-order valence-electron chi connectivity index (χ0n) is 39.3. The van der Waals surface area contributed by atoms with Gasteiger partial charge in [-0.2, -0.15) is 0 Å². The number of phosphoric ester groups is 2. The van der Waals surface area contributed by atoms with E-state index in [0.29, 0.717) is 19.3 Å². The van der Waals surface area contributed by atoms with Crippen LogP contribution in [0.15, 0.2) is 48.6 Å². The molecule has 0 radical (unpaired) electrons. The molecule has 0 aromatic carbocycles. The number of hydrogen-bond acceptors (Lipinski definition) is 14. The number of hydrogen-bond donors (Lipinski definition) is 7. The Labute approximate surface area is 392 Å². The van der Waals surface area contributed by atoms with E-state index in [2.05, 4.69) is 54.8 Å². The van der Waals surface area contributed by atoms with E-state index < -0.39 is 83.5 Å². The summed E-state index contributed by atoms with van der Waals surface area (Å²) < 4.78 is 55.1. The van der Waals surface area contributed by atoms with Gasteiger partial charge < -0.3 is 49.3 Å². The van der Waals surface area contributed by atoms with Crippen LogP contribution in [0.2, 0.25) is 0 Å². The lowest BCUT2D eigenvalue weighted by Crippen LogP contribution is -2.64. The van der Waals surface area contributed by atoms with Crippen LogP contribution in [0, 0.1) is 0 Å². The Morgan fingerprint density at radius 1 is 0.545 bits per heavy atom. The summed E-state index contributed by atoms with van der Waals surface area (Å²) in [6.45, 7) is 3.01. The van der Waals surface area contributed by atoms with Crippen molar-refractivity contribution < 1.29 is 81.6 Å². The van der Waals surface area contributed by atoms with Gasteiger partial charge in [-0.3, -0.25) is 23.2 Å². The SMILES string of the molecule is CCCCC/C=C\C/C=C\CC1OC1C/C=C\CCCC(=O)OC[C@H](COP(=O)(O)O[C@H]1C(O)C(O)C(O)[C@@H](OP(=O)(O)O)C1O)OC(=O)CCCCCCC/C=C\CCCCCCCC. The molecule has 1 heterocycles. The van der Waals surface area contributed by atoms with Crippen LogP contribution >= 0.6 is 15.6 Å². The number of carbonyl (C=O) groups is 2. The molecular weight excluding hydrogens is 898 g/mol. The van der Waals surface area contributed by atoms with Gasteiger partial charge in [0.2, 0.25) is 0 Å². The molecule has 0 aromatic rings. The average molecular weight is 981 g/mol. The van der Waals surface area contributed by atoms with Crippen molar-refractivity contribution in [2.75, 3.05) is 13.2 Å². The molecule has 0 spiro atoms. The number of allylic oxidation sites excluding steroid dienone is 6. The van der Waals surface area contributed by atoms with Crippen molar-refractivity contribution in [3.05, 3.63) is 48.6 Å². The van der Waals surface area contributed by atoms with Crippen LogP contribution in [-0.2, 0) is 46.5 Å². The summed E-state index contributed by atoms with van der Waals surface area (Å²) in [4.78, 5) is 54.3. The zero-order valence-corrected chi connectivity index (χ0v) is 41.1. The number of unbranched alkanes of at least 4 members (excludes halogenated alkanes) is 15. The first kappa shape index (κ1) is 60.0. The lowest BCUT2D eigenvalue weighted by Gasteiger charge is -2.43. The van der Waals surface area contributed by atoms with Gasteiger partial charge in [0, 0.05) is 12.8 Å². The van der Waals surface area contributed by atoms with Crippen molar-refractivity contribution in [1.82, 2.24) is 0 Å². The number of aliphatic hydroxyl groups is 4. The van der Waals surface area contributed by atoms with Gasteiger partial charge in [-0.25, -0.2) is 9.13 Å². The fraction of sp³-hybridized carbons (Fsp3) is 0.787. The van der Waals surface area contributed by atoms with Gasteiger partial charge in [-0.05, 0) is 77.0 Å². The van der Waals surface area contributed by atoms with Crippen LogP contribution in [0.4, 0.5) is 0 Å². The first-order valence-corrected chi connectivity index (χ1v) is 27.3. The molecule has 1 aliphatic carbocycles. The van der Waals surface area contributed by atoms with Crippen molar-refractivity contribution in [3.63, 3.8) is 0 Å². The summed E-state index contributed by atoms with van der Waals surface area (Å²) >= 11 is 0. The maximum absolute atomic E-state index is 13.0. The standard InChI is InChI=1S/C47H82O17P2/c1-3-5-7-9-11-13-14-15-16-17-18-20-22-24-30-34-41(49)61-37(36-60-66(57,58)64-47-44(52)42(50)43(51)46(45(47)53)63-65(54,55)56)35-59-40(48)33-29-26-25-28-32-39-38(62-39)31-27-23-21-19-12-10-8-6-4-2/h12,15-16,19,23,25,27-28,37-39,42-47,50-53H,3-11,13-14,17-18,20-22,24,26,29-36H2,1-2H3,(H,57,58)(H2,54,55,56)/b16-15-,19-12-,27-23-,28-25-/t37-,38?,39?,42?,43?,44?,45?,46-,47+/m1/s1. The Balaban J connectivity index is 1.82. The van der Waals surface area contributed by atoms with Crippen molar-refractivity contribution >= 4 is 27.6 Å². The molecule has 0 aromatic heterocycles. The Morgan fingerprint density at radius 3 is 1.64 bits per heavy atom. The Morgan fingerprint density at radius 2 is 1.02 bits per heavy atom. The molecule has 2 aliphatic rings. The minimum absolute atomic E-state index is 0.0179. The monoisotopic (exact) mass is 981 g/mol. The largest absolute Gasteiger partial charge is 0.472 e. The van der Waals surface area contributed by atoms with Crippen LogP contribution in [0.5, 0.6) is 0 Å². The van der Waals surface area contributed by atoms with Crippen molar-refractivity contribution in [1.29, 1.82) is 0 Å². The minimum Gasteiger partial charge on any atom is -0.462 e.